The van der Waals surface area contributed by atoms with Crippen molar-refractivity contribution in [1.29, 1.82) is 0 Å². The second-order valence-electron chi connectivity index (χ2n) is 5.96. The summed E-state index contributed by atoms with van der Waals surface area (Å²) >= 11 is 5.56. The third kappa shape index (κ3) is 4.23. The van der Waals surface area contributed by atoms with Crippen molar-refractivity contribution in [3.63, 3.8) is 0 Å². The molecule has 0 fully saturated rings. The van der Waals surface area contributed by atoms with Crippen molar-refractivity contribution in [3.8, 4) is 5.69 Å². The van der Waals surface area contributed by atoms with Gasteiger partial charge in [-0.1, -0.05) is 23.7 Å². The SMILES string of the molecule is Cc1cccc(-n2ccc(=O)c(C(=O)Nc3ccc(Cl)c(C(F)(F)F)c3)n2)c1. The molecule has 0 saturated heterocycles. The van der Waals surface area contributed by atoms with E-state index < -0.39 is 33.8 Å². The predicted octanol–water partition coefficient (Wildman–Crippen LogP) is 4.47. The lowest BCUT2D eigenvalue weighted by Crippen LogP contribution is -2.25. The Morgan fingerprint density at radius 1 is 1.14 bits per heavy atom. The number of anilines is 1. The van der Waals surface area contributed by atoms with E-state index in [1.807, 2.05) is 13.0 Å². The minimum atomic E-state index is -4.68. The third-order valence-corrected chi connectivity index (χ3v) is 4.15. The van der Waals surface area contributed by atoms with E-state index in [2.05, 4.69) is 10.4 Å². The largest absolute Gasteiger partial charge is 0.417 e. The molecule has 0 atom stereocenters. The molecule has 1 aromatic heterocycles. The van der Waals surface area contributed by atoms with Gasteiger partial charge < -0.3 is 5.32 Å². The number of hydrogen-bond donors (Lipinski definition) is 1. The molecule has 1 N–H and O–H groups in total. The minimum Gasteiger partial charge on any atom is -0.320 e. The van der Waals surface area contributed by atoms with Crippen LogP contribution in [0.4, 0.5) is 18.9 Å². The van der Waals surface area contributed by atoms with Crippen molar-refractivity contribution < 1.29 is 18.0 Å². The first-order valence-corrected chi connectivity index (χ1v) is 8.38. The third-order valence-electron chi connectivity index (χ3n) is 3.82. The van der Waals surface area contributed by atoms with Crippen LogP contribution in [0.5, 0.6) is 0 Å². The molecule has 9 heteroatoms. The van der Waals surface area contributed by atoms with Crippen molar-refractivity contribution in [1.82, 2.24) is 9.78 Å². The molecule has 0 unspecified atom stereocenters. The highest BCUT2D eigenvalue weighted by Gasteiger charge is 2.33. The van der Waals surface area contributed by atoms with E-state index >= 15 is 0 Å². The van der Waals surface area contributed by atoms with Crippen LogP contribution < -0.4 is 10.7 Å². The fourth-order valence-corrected chi connectivity index (χ4v) is 2.71. The zero-order chi connectivity index (χ0) is 20.5. The van der Waals surface area contributed by atoms with Crippen LogP contribution in [0.1, 0.15) is 21.6 Å². The molecule has 0 aliphatic carbocycles. The number of hydrogen-bond acceptors (Lipinski definition) is 3. The number of alkyl halides is 3. The summed E-state index contributed by atoms with van der Waals surface area (Å²) < 4.78 is 40.2. The van der Waals surface area contributed by atoms with Gasteiger partial charge in [0.15, 0.2) is 5.69 Å². The Morgan fingerprint density at radius 2 is 1.89 bits per heavy atom. The van der Waals surface area contributed by atoms with Gasteiger partial charge in [0.05, 0.1) is 16.3 Å². The van der Waals surface area contributed by atoms with Gasteiger partial charge in [0, 0.05) is 18.0 Å². The van der Waals surface area contributed by atoms with Gasteiger partial charge in [0.1, 0.15) is 0 Å². The number of halogens is 4. The van der Waals surface area contributed by atoms with Crippen LogP contribution in [-0.2, 0) is 6.18 Å². The van der Waals surface area contributed by atoms with Crippen LogP contribution in [0.15, 0.2) is 59.5 Å². The fourth-order valence-electron chi connectivity index (χ4n) is 2.49. The van der Waals surface area contributed by atoms with E-state index in [1.165, 1.54) is 16.9 Å². The number of aryl methyl sites for hydroxylation is 1. The highest BCUT2D eigenvalue weighted by molar-refractivity contribution is 6.31. The summed E-state index contributed by atoms with van der Waals surface area (Å²) in [6, 6.07) is 11.3. The lowest BCUT2D eigenvalue weighted by atomic mass is 10.2. The monoisotopic (exact) mass is 407 g/mol. The Balaban J connectivity index is 1.93. The smallest absolute Gasteiger partial charge is 0.320 e. The van der Waals surface area contributed by atoms with Crippen molar-refractivity contribution in [2.24, 2.45) is 0 Å². The molecule has 144 valence electrons. The molecule has 0 saturated carbocycles. The Bertz CT molecular complexity index is 1110. The molecule has 2 aromatic carbocycles. The molecule has 0 aliphatic rings. The molecule has 3 rings (SSSR count). The van der Waals surface area contributed by atoms with Gasteiger partial charge in [0.25, 0.3) is 5.91 Å². The predicted molar refractivity (Wildman–Crippen MR) is 99.0 cm³/mol. The Morgan fingerprint density at radius 3 is 2.57 bits per heavy atom. The molecule has 1 amide bonds. The Labute approximate surface area is 162 Å². The quantitative estimate of drug-likeness (QED) is 0.697. The molecule has 0 radical (unpaired) electrons. The van der Waals surface area contributed by atoms with E-state index in [1.54, 1.807) is 18.2 Å². The lowest BCUT2D eigenvalue weighted by molar-refractivity contribution is -0.137. The zero-order valence-electron chi connectivity index (χ0n) is 14.4. The molecular weight excluding hydrogens is 395 g/mol. The highest BCUT2D eigenvalue weighted by Crippen LogP contribution is 2.36. The average molecular weight is 408 g/mol. The van der Waals surface area contributed by atoms with E-state index in [9.17, 15) is 22.8 Å². The molecule has 0 bridgehead atoms. The maximum atomic E-state index is 13.0. The van der Waals surface area contributed by atoms with Crippen molar-refractivity contribution in [3.05, 3.63) is 86.8 Å². The molecule has 28 heavy (non-hydrogen) atoms. The standard InChI is InChI=1S/C19H13ClF3N3O2/c1-11-3-2-4-13(9-11)26-8-7-16(27)17(25-26)18(28)24-12-5-6-15(20)14(10-12)19(21,22)23/h2-10H,1H3,(H,24,28). The summed E-state index contributed by atoms with van der Waals surface area (Å²) in [5.41, 5.74) is -0.789. The lowest BCUT2D eigenvalue weighted by Gasteiger charge is -2.12. The Kier molecular flexibility index (Phi) is 5.24. The summed E-state index contributed by atoms with van der Waals surface area (Å²) in [6.45, 7) is 1.87. The first kappa shape index (κ1) is 19.6. The summed E-state index contributed by atoms with van der Waals surface area (Å²) in [5.74, 6) is -0.928. The number of rotatable bonds is 3. The normalized spacial score (nSPS) is 11.3. The zero-order valence-corrected chi connectivity index (χ0v) is 15.2. The number of benzene rings is 2. The number of carbonyl (C=O) groups is 1. The van der Waals surface area contributed by atoms with E-state index in [-0.39, 0.29) is 5.69 Å². The van der Waals surface area contributed by atoms with E-state index in [4.69, 9.17) is 11.6 Å². The van der Waals surface area contributed by atoms with Gasteiger partial charge in [-0.2, -0.15) is 18.3 Å². The van der Waals surface area contributed by atoms with Crippen molar-refractivity contribution in [2.45, 2.75) is 13.1 Å². The van der Waals surface area contributed by atoms with Crippen LogP contribution in [0.3, 0.4) is 0 Å². The van der Waals surface area contributed by atoms with Crippen molar-refractivity contribution in [2.75, 3.05) is 5.32 Å². The van der Waals surface area contributed by atoms with Gasteiger partial charge in [-0.05, 0) is 42.8 Å². The number of amides is 1. The van der Waals surface area contributed by atoms with Crippen LogP contribution in [0, 0.1) is 6.92 Å². The number of aromatic nitrogens is 2. The summed E-state index contributed by atoms with van der Waals surface area (Å²) in [4.78, 5) is 24.5. The fraction of sp³-hybridized carbons (Fsp3) is 0.105. The van der Waals surface area contributed by atoms with Gasteiger partial charge in [0.2, 0.25) is 5.43 Å². The molecule has 0 spiro atoms. The first-order chi connectivity index (χ1) is 13.1. The molecule has 3 aromatic rings. The van der Waals surface area contributed by atoms with E-state index in [0.29, 0.717) is 11.8 Å². The highest BCUT2D eigenvalue weighted by atomic mass is 35.5. The topological polar surface area (TPSA) is 64.0 Å². The van der Waals surface area contributed by atoms with Crippen LogP contribution >= 0.6 is 11.6 Å². The second-order valence-corrected chi connectivity index (χ2v) is 6.37. The number of nitrogens with zero attached hydrogens (tertiary/aromatic N) is 2. The number of nitrogens with one attached hydrogen (secondary N) is 1. The van der Waals surface area contributed by atoms with Crippen LogP contribution in [0.2, 0.25) is 5.02 Å². The van der Waals surface area contributed by atoms with Gasteiger partial charge in [-0.15, -0.1) is 0 Å². The molecule has 1 heterocycles. The van der Waals surface area contributed by atoms with Gasteiger partial charge in [-0.3, -0.25) is 9.59 Å². The molecule has 5 nitrogen and oxygen atoms in total. The van der Waals surface area contributed by atoms with Crippen LogP contribution in [-0.4, -0.2) is 15.7 Å². The summed E-state index contributed by atoms with van der Waals surface area (Å²) in [6.07, 6.45) is -3.28. The molecular formula is C19H13ClF3N3O2. The van der Waals surface area contributed by atoms with Crippen LogP contribution in [0.25, 0.3) is 5.69 Å². The minimum absolute atomic E-state index is 0.158. The second kappa shape index (κ2) is 7.47. The average Bonchev–Trinajstić information content (AvgIpc) is 2.62. The Hall–Kier alpha value is -3.13. The van der Waals surface area contributed by atoms with Crippen molar-refractivity contribution >= 4 is 23.2 Å². The summed E-state index contributed by atoms with van der Waals surface area (Å²) in [7, 11) is 0. The number of carbonyl (C=O) groups excluding carboxylic acids is 1. The maximum absolute atomic E-state index is 13.0. The molecule has 0 aliphatic heterocycles. The van der Waals surface area contributed by atoms with Gasteiger partial charge >= 0.3 is 6.18 Å². The maximum Gasteiger partial charge on any atom is 0.417 e. The van der Waals surface area contributed by atoms with Gasteiger partial charge in [-0.25, -0.2) is 4.68 Å². The first-order valence-electron chi connectivity index (χ1n) is 8.00. The summed E-state index contributed by atoms with van der Waals surface area (Å²) in [5, 5.41) is 5.77. The van der Waals surface area contributed by atoms with E-state index in [0.717, 1.165) is 17.7 Å².